The molecule has 1 aromatic carbocycles. The van der Waals surface area contributed by atoms with E-state index in [4.69, 9.17) is 5.53 Å². The van der Waals surface area contributed by atoms with Crippen LogP contribution < -0.4 is 5.32 Å². The molecule has 0 radical (unpaired) electrons. The van der Waals surface area contributed by atoms with Crippen molar-refractivity contribution in [2.24, 2.45) is 5.11 Å². The number of carbonyl (C=O) groups is 1. The number of para-hydroxylation sites is 1. The molecule has 0 saturated heterocycles. The molecule has 1 atom stereocenters. The Morgan fingerprint density at radius 3 is 2.71 bits per heavy atom. The maximum Gasteiger partial charge on any atom is 0.233 e. The minimum atomic E-state index is -0.694. The number of azide groups is 1. The first-order valence-electron chi connectivity index (χ1n) is 4.14. The van der Waals surface area contributed by atoms with Gasteiger partial charge in [-0.25, -0.2) is 0 Å². The Balaban J connectivity index is 2.62. The van der Waals surface area contributed by atoms with Crippen molar-refractivity contribution >= 4 is 11.6 Å². The first-order chi connectivity index (χ1) is 6.74. The lowest BCUT2D eigenvalue weighted by Crippen LogP contribution is -2.22. The van der Waals surface area contributed by atoms with Gasteiger partial charge in [0.15, 0.2) is 0 Å². The number of amides is 1. The van der Waals surface area contributed by atoms with E-state index >= 15 is 0 Å². The van der Waals surface area contributed by atoms with Crippen molar-refractivity contribution < 1.29 is 4.79 Å². The Bertz CT molecular complexity index is 356. The molecule has 1 N–H and O–H groups in total. The molecule has 0 aliphatic rings. The first kappa shape index (κ1) is 10.1. The minimum absolute atomic E-state index is 0.311. The Labute approximate surface area is 81.4 Å². The zero-order chi connectivity index (χ0) is 10.4. The summed E-state index contributed by atoms with van der Waals surface area (Å²) >= 11 is 0. The molecule has 0 heterocycles. The summed E-state index contributed by atoms with van der Waals surface area (Å²) in [5, 5.41) is 5.91. The second-order valence-electron chi connectivity index (χ2n) is 2.74. The SMILES string of the molecule is CC(N=[N+]=[N-])C(=O)Nc1ccccc1. The van der Waals surface area contributed by atoms with Crippen LogP contribution in [0.1, 0.15) is 6.92 Å². The van der Waals surface area contributed by atoms with Gasteiger partial charge in [-0.05, 0) is 24.6 Å². The summed E-state index contributed by atoms with van der Waals surface area (Å²) in [6, 6.07) is 8.32. The van der Waals surface area contributed by atoms with E-state index in [0.29, 0.717) is 5.69 Å². The molecule has 0 fully saturated rings. The fraction of sp³-hybridized carbons (Fsp3) is 0.222. The summed E-state index contributed by atoms with van der Waals surface area (Å²) in [5.74, 6) is -0.311. The average Bonchev–Trinajstić information content (AvgIpc) is 2.19. The third kappa shape index (κ3) is 2.80. The fourth-order valence-electron chi connectivity index (χ4n) is 0.898. The van der Waals surface area contributed by atoms with Gasteiger partial charge in [-0.15, -0.1) is 0 Å². The molecule has 5 nitrogen and oxygen atoms in total. The van der Waals surface area contributed by atoms with Gasteiger partial charge in [0.1, 0.15) is 6.04 Å². The predicted molar refractivity (Wildman–Crippen MR) is 53.7 cm³/mol. The van der Waals surface area contributed by atoms with Crippen LogP contribution in [0.5, 0.6) is 0 Å². The number of anilines is 1. The summed E-state index contributed by atoms with van der Waals surface area (Å²) < 4.78 is 0. The molecule has 0 saturated carbocycles. The van der Waals surface area contributed by atoms with Gasteiger partial charge in [0, 0.05) is 10.6 Å². The van der Waals surface area contributed by atoms with Gasteiger partial charge in [0.25, 0.3) is 0 Å². The topological polar surface area (TPSA) is 77.9 Å². The Kier molecular flexibility index (Phi) is 3.52. The molecular formula is C9H10N4O. The Hall–Kier alpha value is -2.00. The third-order valence-electron chi connectivity index (χ3n) is 1.65. The van der Waals surface area contributed by atoms with Crippen molar-refractivity contribution in [2.45, 2.75) is 13.0 Å². The van der Waals surface area contributed by atoms with Crippen molar-refractivity contribution in [2.75, 3.05) is 5.32 Å². The molecule has 0 aliphatic heterocycles. The van der Waals surface area contributed by atoms with Gasteiger partial charge in [0.05, 0.1) is 0 Å². The van der Waals surface area contributed by atoms with E-state index < -0.39 is 6.04 Å². The van der Waals surface area contributed by atoms with Crippen LogP contribution in [0.4, 0.5) is 5.69 Å². The summed E-state index contributed by atoms with van der Waals surface area (Å²) in [6.45, 7) is 1.54. The Morgan fingerprint density at radius 1 is 1.50 bits per heavy atom. The van der Waals surface area contributed by atoms with Crippen molar-refractivity contribution in [3.05, 3.63) is 40.8 Å². The molecule has 0 bridgehead atoms. The summed E-state index contributed by atoms with van der Waals surface area (Å²) in [5.41, 5.74) is 8.82. The van der Waals surface area contributed by atoms with Gasteiger partial charge >= 0.3 is 0 Å². The minimum Gasteiger partial charge on any atom is -0.326 e. The highest BCUT2D eigenvalue weighted by Gasteiger charge is 2.09. The standard InChI is InChI=1S/C9H10N4O/c1-7(12-13-10)9(14)11-8-5-3-2-4-6-8/h2-7H,1H3,(H,11,14). The van der Waals surface area contributed by atoms with Crippen LogP contribution >= 0.6 is 0 Å². The third-order valence-corrected chi connectivity index (χ3v) is 1.65. The molecule has 0 aliphatic carbocycles. The lowest BCUT2D eigenvalue weighted by Gasteiger charge is -2.06. The van der Waals surface area contributed by atoms with Crippen LogP contribution in [-0.2, 0) is 4.79 Å². The van der Waals surface area contributed by atoms with E-state index in [9.17, 15) is 4.79 Å². The second kappa shape index (κ2) is 4.89. The number of nitrogens with zero attached hydrogens (tertiary/aromatic N) is 3. The molecule has 14 heavy (non-hydrogen) atoms. The van der Waals surface area contributed by atoms with Crippen molar-refractivity contribution in [3.8, 4) is 0 Å². The lowest BCUT2D eigenvalue weighted by molar-refractivity contribution is -0.117. The molecular weight excluding hydrogens is 180 g/mol. The molecule has 5 heteroatoms. The maximum atomic E-state index is 11.3. The maximum absolute atomic E-state index is 11.3. The number of nitrogens with one attached hydrogen (secondary N) is 1. The quantitative estimate of drug-likeness (QED) is 0.443. The van der Waals surface area contributed by atoms with Crippen LogP contribution in [0, 0.1) is 0 Å². The van der Waals surface area contributed by atoms with E-state index in [-0.39, 0.29) is 5.91 Å². The average molecular weight is 190 g/mol. The van der Waals surface area contributed by atoms with Gasteiger partial charge in [-0.3, -0.25) is 4.79 Å². The number of hydrogen-bond acceptors (Lipinski definition) is 2. The highest BCUT2D eigenvalue weighted by Crippen LogP contribution is 2.06. The zero-order valence-electron chi connectivity index (χ0n) is 7.71. The van der Waals surface area contributed by atoms with E-state index in [2.05, 4.69) is 15.3 Å². The molecule has 1 unspecified atom stereocenters. The summed E-state index contributed by atoms with van der Waals surface area (Å²) in [4.78, 5) is 13.9. The van der Waals surface area contributed by atoms with E-state index in [1.807, 2.05) is 18.2 Å². The van der Waals surface area contributed by atoms with Crippen LogP contribution in [0.3, 0.4) is 0 Å². The largest absolute Gasteiger partial charge is 0.326 e. The van der Waals surface area contributed by atoms with Gasteiger partial charge in [-0.2, -0.15) is 0 Å². The monoisotopic (exact) mass is 190 g/mol. The molecule has 1 rings (SSSR count). The first-order valence-corrected chi connectivity index (χ1v) is 4.14. The molecule has 0 aromatic heterocycles. The number of rotatable bonds is 3. The van der Waals surface area contributed by atoms with Crippen molar-refractivity contribution in [3.63, 3.8) is 0 Å². The van der Waals surface area contributed by atoms with E-state index in [0.717, 1.165) is 0 Å². The fourth-order valence-corrected chi connectivity index (χ4v) is 0.898. The number of benzene rings is 1. The van der Waals surface area contributed by atoms with Crippen LogP contribution in [0.2, 0.25) is 0 Å². The zero-order valence-corrected chi connectivity index (χ0v) is 7.71. The smallest absolute Gasteiger partial charge is 0.233 e. The molecule has 1 aromatic rings. The van der Waals surface area contributed by atoms with Crippen LogP contribution in [0.25, 0.3) is 10.4 Å². The lowest BCUT2D eigenvalue weighted by atomic mass is 10.3. The van der Waals surface area contributed by atoms with Crippen molar-refractivity contribution in [1.29, 1.82) is 0 Å². The predicted octanol–water partition coefficient (Wildman–Crippen LogP) is 2.32. The number of hydrogen-bond donors (Lipinski definition) is 1. The van der Waals surface area contributed by atoms with Gasteiger partial charge in [-0.1, -0.05) is 23.3 Å². The highest BCUT2D eigenvalue weighted by atomic mass is 16.2. The molecule has 0 spiro atoms. The van der Waals surface area contributed by atoms with Crippen LogP contribution in [0.15, 0.2) is 35.4 Å². The summed E-state index contributed by atoms with van der Waals surface area (Å²) in [7, 11) is 0. The van der Waals surface area contributed by atoms with E-state index in [1.54, 1.807) is 12.1 Å². The Morgan fingerprint density at radius 2 is 2.14 bits per heavy atom. The molecule has 1 amide bonds. The second-order valence-corrected chi connectivity index (χ2v) is 2.74. The van der Waals surface area contributed by atoms with Gasteiger partial charge < -0.3 is 5.32 Å². The normalized spacial score (nSPS) is 11.2. The number of carbonyl (C=O) groups excluding carboxylic acids is 1. The van der Waals surface area contributed by atoms with Gasteiger partial charge in [0.2, 0.25) is 5.91 Å². The van der Waals surface area contributed by atoms with Crippen molar-refractivity contribution in [1.82, 2.24) is 0 Å². The highest BCUT2D eigenvalue weighted by molar-refractivity contribution is 5.94. The van der Waals surface area contributed by atoms with Crippen LogP contribution in [-0.4, -0.2) is 11.9 Å². The molecule has 72 valence electrons. The summed E-state index contributed by atoms with van der Waals surface area (Å²) in [6.07, 6.45) is 0. The van der Waals surface area contributed by atoms with E-state index in [1.165, 1.54) is 6.92 Å².